The minimum absolute atomic E-state index is 0.972. The summed E-state index contributed by atoms with van der Waals surface area (Å²) in [4.78, 5) is 4.04. The van der Waals surface area contributed by atoms with Crippen molar-refractivity contribution >= 4 is 5.71 Å². The normalized spacial score (nSPS) is 23.7. The summed E-state index contributed by atoms with van der Waals surface area (Å²) >= 11 is 0. The van der Waals surface area contributed by atoms with E-state index in [0.717, 1.165) is 11.4 Å². The van der Waals surface area contributed by atoms with Crippen LogP contribution in [0, 0.1) is 0 Å². The molecule has 1 heterocycles. The van der Waals surface area contributed by atoms with Crippen LogP contribution in [0.3, 0.4) is 0 Å². The van der Waals surface area contributed by atoms with Crippen molar-refractivity contribution in [3.05, 3.63) is 36.7 Å². The van der Waals surface area contributed by atoms with E-state index in [1.54, 1.807) is 13.1 Å². The maximum atomic E-state index is 4.04. The Morgan fingerprint density at radius 2 is 2.50 bits per heavy atom. The van der Waals surface area contributed by atoms with Crippen molar-refractivity contribution < 1.29 is 0 Å². The van der Waals surface area contributed by atoms with Crippen LogP contribution in [-0.4, -0.2) is 12.8 Å². The second-order valence-corrected chi connectivity index (χ2v) is 1.90. The topological polar surface area (TPSA) is 24.4 Å². The molecule has 0 aromatic rings. The van der Waals surface area contributed by atoms with E-state index in [1.807, 2.05) is 18.4 Å². The summed E-state index contributed by atoms with van der Waals surface area (Å²) in [6.07, 6.45) is 7.41. The molecule has 10 heavy (non-hydrogen) atoms. The van der Waals surface area contributed by atoms with E-state index < -0.39 is 0 Å². The SMILES string of the molecule is C=C/C=C1/NC=C/C1=N/C. The first-order valence-electron chi connectivity index (χ1n) is 3.11. The highest BCUT2D eigenvalue weighted by molar-refractivity contribution is 6.10. The summed E-state index contributed by atoms with van der Waals surface area (Å²) in [5.41, 5.74) is 1.98. The molecule has 0 spiro atoms. The standard InChI is InChI=1S/C8H10N2/c1-3-4-8-7(9-2)5-6-10-8/h3-6,10H,1H2,2H3/b8-4+,9-7-. The largest absolute Gasteiger partial charge is 0.360 e. The molecular weight excluding hydrogens is 124 g/mol. The van der Waals surface area contributed by atoms with Gasteiger partial charge in [-0.05, 0) is 12.2 Å². The molecule has 0 unspecified atom stereocenters. The summed E-state index contributed by atoms with van der Waals surface area (Å²) in [7, 11) is 1.77. The van der Waals surface area contributed by atoms with Gasteiger partial charge in [-0.3, -0.25) is 4.99 Å². The predicted octanol–water partition coefficient (Wildman–Crippen LogP) is 1.24. The van der Waals surface area contributed by atoms with Crippen LogP contribution < -0.4 is 5.32 Å². The number of allylic oxidation sites excluding steroid dienone is 3. The van der Waals surface area contributed by atoms with Crippen molar-refractivity contribution in [1.29, 1.82) is 0 Å². The van der Waals surface area contributed by atoms with Gasteiger partial charge in [-0.25, -0.2) is 0 Å². The molecule has 1 aliphatic rings. The zero-order valence-electron chi connectivity index (χ0n) is 5.96. The van der Waals surface area contributed by atoms with Crippen molar-refractivity contribution in [2.45, 2.75) is 0 Å². The van der Waals surface area contributed by atoms with Crippen molar-refractivity contribution in [3.63, 3.8) is 0 Å². The van der Waals surface area contributed by atoms with Crippen molar-refractivity contribution in [3.8, 4) is 0 Å². The molecule has 0 aromatic heterocycles. The maximum absolute atomic E-state index is 4.04. The van der Waals surface area contributed by atoms with Crippen LogP contribution in [0.15, 0.2) is 41.7 Å². The molecule has 0 amide bonds. The van der Waals surface area contributed by atoms with Crippen LogP contribution >= 0.6 is 0 Å². The van der Waals surface area contributed by atoms with Gasteiger partial charge < -0.3 is 5.32 Å². The van der Waals surface area contributed by atoms with Crippen LogP contribution in [0.5, 0.6) is 0 Å². The number of nitrogens with zero attached hydrogens (tertiary/aromatic N) is 1. The molecule has 0 aromatic carbocycles. The van der Waals surface area contributed by atoms with Crippen LogP contribution in [0.1, 0.15) is 0 Å². The quantitative estimate of drug-likeness (QED) is 0.573. The van der Waals surface area contributed by atoms with Crippen LogP contribution in [0.4, 0.5) is 0 Å². The van der Waals surface area contributed by atoms with Gasteiger partial charge in [-0.2, -0.15) is 0 Å². The number of hydrogen-bond donors (Lipinski definition) is 1. The van der Waals surface area contributed by atoms with E-state index >= 15 is 0 Å². The third-order valence-corrected chi connectivity index (χ3v) is 1.28. The van der Waals surface area contributed by atoms with Crippen LogP contribution in [0.2, 0.25) is 0 Å². The molecule has 0 atom stereocenters. The smallest absolute Gasteiger partial charge is 0.0819 e. The summed E-state index contributed by atoms with van der Waals surface area (Å²) in [5, 5.41) is 3.04. The molecule has 0 radical (unpaired) electrons. The minimum Gasteiger partial charge on any atom is -0.360 e. The summed E-state index contributed by atoms with van der Waals surface area (Å²) in [5.74, 6) is 0. The summed E-state index contributed by atoms with van der Waals surface area (Å²) in [6, 6.07) is 0. The average molecular weight is 134 g/mol. The van der Waals surface area contributed by atoms with Gasteiger partial charge in [-0.15, -0.1) is 0 Å². The van der Waals surface area contributed by atoms with Crippen molar-refractivity contribution in [2.24, 2.45) is 4.99 Å². The highest BCUT2D eigenvalue weighted by Crippen LogP contribution is 2.02. The molecule has 2 nitrogen and oxygen atoms in total. The zero-order valence-corrected chi connectivity index (χ0v) is 5.96. The third kappa shape index (κ3) is 1.16. The highest BCUT2D eigenvalue weighted by Gasteiger charge is 2.04. The fourth-order valence-electron chi connectivity index (χ4n) is 0.820. The van der Waals surface area contributed by atoms with Gasteiger partial charge in [0.05, 0.1) is 11.4 Å². The fourth-order valence-corrected chi connectivity index (χ4v) is 0.820. The van der Waals surface area contributed by atoms with E-state index in [4.69, 9.17) is 0 Å². The Morgan fingerprint density at radius 3 is 3.10 bits per heavy atom. The first-order valence-corrected chi connectivity index (χ1v) is 3.11. The van der Waals surface area contributed by atoms with Gasteiger partial charge in [0, 0.05) is 13.2 Å². The Morgan fingerprint density at radius 1 is 1.70 bits per heavy atom. The van der Waals surface area contributed by atoms with E-state index in [1.165, 1.54) is 0 Å². The minimum atomic E-state index is 0.972. The third-order valence-electron chi connectivity index (χ3n) is 1.28. The highest BCUT2D eigenvalue weighted by atomic mass is 14.9. The lowest BCUT2D eigenvalue weighted by molar-refractivity contribution is 1.17. The van der Waals surface area contributed by atoms with Crippen LogP contribution in [-0.2, 0) is 0 Å². The van der Waals surface area contributed by atoms with Crippen molar-refractivity contribution in [2.75, 3.05) is 7.05 Å². The Hall–Kier alpha value is -1.31. The lowest BCUT2D eigenvalue weighted by atomic mass is 10.3. The Kier molecular flexibility index (Phi) is 2.05. The van der Waals surface area contributed by atoms with E-state index in [0.29, 0.717) is 0 Å². The summed E-state index contributed by atoms with van der Waals surface area (Å²) < 4.78 is 0. The van der Waals surface area contributed by atoms with Gasteiger partial charge >= 0.3 is 0 Å². The monoisotopic (exact) mass is 134 g/mol. The first kappa shape index (κ1) is 6.81. The van der Waals surface area contributed by atoms with Gasteiger partial charge in [0.2, 0.25) is 0 Å². The van der Waals surface area contributed by atoms with E-state index in [-0.39, 0.29) is 0 Å². The molecule has 0 aliphatic carbocycles. The van der Waals surface area contributed by atoms with Crippen molar-refractivity contribution in [1.82, 2.24) is 5.32 Å². The molecule has 1 N–H and O–H groups in total. The van der Waals surface area contributed by atoms with Gasteiger partial charge in [0.15, 0.2) is 0 Å². The lowest BCUT2D eigenvalue weighted by Crippen LogP contribution is -2.04. The first-order chi connectivity index (χ1) is 4.88. The molecule has 1 rings (SSSR count). The molecule has 2 heteroatoms. The van der Waals surface area contributed by atoms with Gasteiger partial charge in [0.25, 0.3) is 0 Å². The number of hydrogen-bond acceptors (Lipinski definition) is 2. The molecule has 1 aliphatic heterocycles. The molecule has 52 valence electrons. The molecule has 0 saturated carbocycles. The fraction of sp³-hybridized carbons (Fsp3) is 0.125. The Balaban J connectivity index is 2.84. The van der Waals surface area contributed by atoms with Crippen LogP contribution in [0.25, 0.3) is 0 Å². The van der Waals surface area contributed by atoms with Gasteiger partial charge in [0.1, 0.15) is 0 Å². The second-order valence-electron chi connectivity index (χ2n) is 1.90. The molecular formula is C8H10N2. The average Bonchev–Trinajstić information content (AvgIpc) is 2.36. The number of nitrogens with one attached hydrogen (secondary N) is 1. The van der Waals surface area contributed by atoms with E-state index in [9.17, 15) is 0 Å². The molecule has 0 saturated heterocycles. The lowest BCUT2D eigenvalue weighted by Gasteiger charge is -1.95. The van der Waals surface area contributed by atoms with Gasteiger partial charge in [-0.1, -0.05) is 12.7 Å². The number of aliphatic imine (C=N–C) groups is 1. The van der Waals surface area contributed by atoms with E-state index in [2.05, 4.69) is 16.9 Å². The zero-order chi connectivity index (χ0) is 7.40. The number of rotatable bonds is 1. The molecule has 0 fully saturated rings. The maximum Gasteiger partial charge on any atom is 0.0819 e. The second kappa shape index (κ2) is 3.01. The molecule has 0 bridgehead atoms. The Bertz CT molecular complexity index is 221. The predicted molar refractivity (Wildman–Crippen MR) is 43.9 cm³/mol. The summed E-state index contributed by atoms with van der Waals surface area (Å²) in [6.45, 7) is 3.59. The Labute approximate surface area is 60.7 Å².